The van der Waals surface area contributed by atoms with Crippen LogP contribution in [0.15, 0.2) is 52.4 Å². The molecule has 0 nitrogen and oxygen atoms in total. The zero-order valence-corrected chi connectivity index (χ0v) is 13.0. The van der Waals surface area contributed by atoms with Gasteiger partial charge in [-0.2, -0.15) is 0 Å². The minimum absolute atomic E-state index is 0. The van der Waals surface area contributed by atoms with Gasteiger partial charge in [-0.1, -0.05) is 0 Å². The molecule has 0 spiro atoms. The molecule has 1 aromatic rings. The van der Waals surface area contributed by atoms with Gasteiger partial charge in [0.05, 0.1) is 0 Å². The number of hydrogen-bond acceptors (Lipinski definition) is 0. The monoisotopic (exact) mass is 312 g/mol. The van der Waals surface area contributed by atoms with Crippen molar-refractivity contribution >= 4 is 10.9 Å². The van der Waals surface area contributed by atoms with Gasteiger partial charge in [-0.05, 0) is 0 Å². The van der Waals surface area contributed by atoms with E-state index in [2.05, 4.69) is 59.5 Å². The van der Waals surface area contributed by atoms with E-state index in [-0.39, 0.29) is 24.8 Å². The van der Waals surface area contributed by atoms with Crippen molar-refractivity contribution in [2.24, 2.45) is 0 Å². The van der Waals surface area contributed by atoms with Crippen molar-refractivity contribution in [2.75, 3.05) is 0 Å². The van der Waals surface area contributed by atoms with Crippen molar-refractivity contribution in [3.8, 4) is 0 Å². The molecule has 0 radical (unpaired) electrons. The van der Waals surface area contributed by atoms with Gasteiger partial charge in [-0.25, -0.2) is 0 Å². The zero-order valence-electron chi connectivity index (χ0n) is 9.94. The van der Waals surface area contributed by atoms with Crippen molar-refractivity contribution in [2.45, 2.75) is 10.6 Å². The van der Waals surface area contributed by atoms with Gasteiger partial charge >= 0.3 is 103 Å². The van der Waals surface area contributed by atoms with E-state index in [4.69, 9.17) is 0 Å². The Morgan fingerprint density at radius 2 is 1.94 bits per heavy atom. The number of rotatable bonds is 2. The Morgan fingerprint density at radius 1 is 1.17 bits per heavy atom. The summed E-state index contributed by atoms with van der Waals surface area (Å²) in [4.78, 5) is 4.51. The number of benzene rings is 1. The third-order valence-corrected chi connectivity index (χ3v) is 7.18. The van der Waals surface area contributed by atoms with Gasteiger partial charge in [-0.15, -0.1) is 0 Å². The van der Waals surface area contributed by atoms with Gasteiger partial charge in [0.15, 0.2) is 0 Å². The molecular formula is C15H14Cl2Ti. The maximum absolute atomic E-state index is 4.51. The Kier molecular flexibility index (Phi) is 5.81. The maximum atomic E-state index is 4.51. The van der Waals surface area contributed by atoms with Crippen molar-refractivity contribution < 1.29 is 42.2 Å². The fourth-order valence-corrected chi connectivity index (χ4v) is 5.65. The SMILES string of the molecule is [CH2]=[Ti+2]([C]1=CC=CC1)[CH]1C=Cc2ccccc21.[Cl-].[Cl-]. The third kappa shape index (κ3) is 2.78. The Labute approximate surface area is 127 Å². The molecule has 3 rings (SSSR count). The van der Waals surface area contributed by atoms with E-state index >= 15 is 0 Å². The van der Waals surface area contributed by atoms with Crippen molar-refractivity contribution in [1.29, 1.82) is 0 Å². The van der Waals surface area contributed by atoms with Crippen molar-refractivity contribution in [3.05, 3.63) is 63.6 Å². The topological polar surface area (TPSA) is 0 Å². The van der Waals surface area contributed by atoms with E-state index < -0.39 is 17.4 Å². The summed E-state index contributed by atoms with van der Waals surface area (Å²) in [5, 5.41) is 0. The summed E-state index contributed by atoms with van der Waals surface area (Å²) in [5.41, 5.74) is 2.90. The van der Waals surface area contributed by atoms with Crippen LogP contribution in [-0.2, 0) is 17.4 Å². The minimum Gasteiger partial charge on any atom is -1.00 e. The van der Waals surface area contributed by atoms with E-state index in [1.165, 1.54) is 11.1 Å². The second kappa shape index (κ2) is 6.68. The van der Waals surface area contributed by atoms with Gasteiger partial charge in [0, 0.05) is 0 Å². The average molecular weight is 313 g/mol. The zero-order chi connectivity index (χ0) is 11.0. The molecule has 0 aliphatic heterocycles. The van der Waals surface area contributed by atoms with Crippen LogP contribution >= 0.6 is 0 Å². The van der Waals surface area contributed by atoms with E-state index in [1.807, 2.05) is 0 Å². The molecule has 0 saturated heterocycles. The number of fused-ring (bicyclic) bond motifs is 1. The molecular weight excluding hydrogens is 299 g/mol. The molecule has 0 N–H and O–H groups in total. The molecule has 1 unspecified atom stereocenters. The average Bonchev–Trinajstić information content (AvgIpc) is 2.98. The Morgan fingerprint density at radius 3 is 2.67 bits per heavy atom. The van der Waals surface area contributed by atoms with E-state index in [1.54, 1.807) is 3.88 Å². The molecule has 2 aliphatic carbocycles. The van der Waals surface area contributed by atoms with Crippen LogP contribution in [-0.4, -0.2) is 4.82 Å². The first-order chi connectivity index (χ1) is 7.86. The van der Waals surface area contributed by atoms with Crippen LogP contribution in [0.25, 0.3) is 6.08 Å². The maximum Gasteiger partial charge on any atom is -1.00 e. The normalized spacial score (nSPS) is 18.2. The first-order valence-corrected chi connectivity index (χ1v) is 8.47. The second-order valence-corrected chi connectivity index (χ2v) is 7.93. The molecule has 18 heavy (non-hydrogen) atoms. The number of halogens is 2. The smallest absolute Gasteiger partial charge is 1.00 e. The van der Waals surface area contributed by atoms with Gasteiger partial charge in [-0.3, -0.25) is 0 Å². The number of allylic oxidation sites excluding steroid dienone is 5. The standard InChI is InChI=1S/C9H7.C5H5.CH2.2ClH.Ti/c1-2-5-9-7-3-6-8(9)4-1;1-2-4-5-3-1;;;;/h1-7H;1-3H,4H2;1H2;2*1H;/q;;;;;+2/p-2. The van der Waals surface area contributed by atoms with Crippen molar-refractivity contribution in [1.82, 2.24) is 0 Å². The predicted octanol–water partition coefficient (Wildman–Crippen LogP) is -2.34. The summed E-state index contributed by atoms with van der Waals surface area (Å²) < 4.78 is 2.24. The molecule has 2 aliphatic rings. The number of hydrogen-bond donors (Lipinski definition) is 0. The summed E-state index contributed by atoms with van der Waals surface area (Å²) >= 11 is -1.37. The quantitative estimate of drug-likeness (QED) is 0.537. The third-order valence-electron chi connectivity index (χ3n) is 3.36. The second-order valence-electron chi connectivity index (χ2n) is 4.32. The molecule has 0 bridgehead atoms. The first kappa shape index (κ1) is 15.7. The first-order valence-electron chi connectivity index (χ1n) is 5.68. The van der Waals surface area contributed by atoms with Crippen LogP contribution in [0.3, 0.4) is 0 Å². The van der Waals surface area contributed by atoms with Crippen LogP contribution in [0.2, 0.25) is 0 Å². The summed E-state index contributed by atoms with van der Waals surface area (Å²) in [6, 6.07) is 8.73. The predicted molar refractivity (Wildman–Crippen MR) is 67.2 cm³/mol. The van der Waals surface area contributed by atoms with E-state index in [9.17, 15) is 0 Å². The van der Waals surface area contributed by atoms with Crippen LogP contribution in [0.4, 0.5) is 0 Å². The van der Waals surface area contributed by atoms with Crippen LogP contribution in [0.1, 0.15) is 21.8 Å². The summed E-state index contributed by atoms with van der Waals surface area (Å²) in [6.45, 7) is 0. The van der Waals surface area contributed by atoms with Gasteiger partial charge in [0.1, 0.15) is 0 Å². The summed E-state index contributed by atoms with van der Waals surface area (Å²) in [5.74, 6) is 0. The van der Waals surface area contributed by atoms with Gasteiger partial charge < -0.3 is 24.8 Å². The largest absolute Gasteiger partial charge is 1.00 e. The molecule has 0 aromatic heterocycles. The van der Waals surface area contributed by atoms with E-state index in [0.717, 1.165) is 6.42 Å². The Hall–Kier alpha value is -0.396. The van der Waals surface area contributed by atoms with Crippen LogP contribution in [0.5, 0.6) is 0 Å². The minimum atomic E-state index is -1.37. The molecule has 0 heterocycles. The molecule has 0 amide bonds. The Bertz CT molecular complexity index is 541. The summed E-state index contributed by atoms with van der Waals surface area (Å²) in [6.07, 6.45) is 12.5. The molecule has 1 aromatic carbocycles. The molecule has 0 fully saturated rings. The van der Waals surface area contributed by atoms with Crippen LogP contribution in [0, 0.1) is 0 Å². The fraction of sp³-hybridized carbons (Fsp3) is 0.133. The molecule has 92 valence electrons. The van der Waals surface area contributed by atoms with E-state index in [0.29, 0.717) is 4.22 Å². The molecule has 1 atom stereocenters. The molecule has 3 heteroatoms. The van der Waals surface area contributed by atoms with Crippen LogP contribution < -0.4 is 24.8 Å². The molecule has 0 saturated carbocycles. The van der Waals surface area contributed by atoms with Gasteiger partial charge in [0.25, 0.3) is 0 Å². The summed E-state index contributed by atoms with van der Waals surface area (Å²) in [7, 11) is 0. The van der Waals surface area contributed by atoms with Crippen molar-refractivity contribution in [3.63, 3.8) is 0 Å². The van der Waals surface area contributed by atoms with Gasteiger partial charge in [0.2, 0.25) is 0 Å². The Balaban J connectivity index is 0.000000810. The fourth-order valence-electron chi connectivity index (χ4n) is 2.44.